The molecule has 0 bridgehead atoms. The zero-order valence-electron chi connectivity index (χ0n) is 10.2. The van der Waals surface area contributed by atoms with Crippen molar-refractivity contribution < 1.29 is 9.90 Å². The molecule has 4 heteroatoms. The second kappa shape index (κ2) is 6.64. The number of carbonyl (C=O) groups is 1. The number of aliphatic carboxylic acids is 1. The zero-order chi connectivity index (χ0) is 12.8. The number of carboxylic acid groups (broad SMARTS) is 1. The van der Waals surface area contributed by atoms with Crippen LogP contribution in [0.3, 0.4) is 0 Å². The van der Waals surface area contributed by atoms with Crippen molar-refractivity contribution >= 4 is 27.6 Å². The molecule has 0 heterocycles. The fraction of sp³-hybridized carbons (Fsp3) is 0.462. The molecule has 1 aromatic carbocycles. The van der Waals surface area contributed by atoms with E-state index >= 15 is 0 Å². The molecule has 0 unspecified atom stereocenters. The number of rotatable bonds is 6. The van der Waals surface area contributed by atoms with Crippen molar-refractivity contribution in [2.24, 2.45) is 0 Å². The second-order valence-corrected chi connectivity index (χ2v) is 4.85. The summed E-state index contributed by atoms with van der Waals surface area (Å²) in [6.07, 6.45) is 1.53. The predicted octanol–water partition coefficient (Wildman–Crippen LogP) is 3.53. The van der Waals surface area contributed by atoms with E-state index in [-0.39, 0.29) is 0 Å². The standard InChI is InChI=1S/C13H18BrNO2/c1-3-8-15(12(4-2)13(16)17)11-7-5-6-10(14)9-11/h5-7,9,12H,3-4,8H2,1-2H3,(H,16,17)/t12-/m0/s1. The highest BCUT2D eigenvalue weighted by Crippen LogP contribution is 2.23. The average Bonchev–Trinajstić information content (AvgIpc) is 2.28. The van der Waals surface area contributed by atoms with E-state index in [4.69, 9.17) is 0 Å². The quantitative estimate of drug-likeness (QED) is 0.873. The topological polar surface area (TPSA) is 40.5 Å². The van der Waals surface area contributed by atoms with Gasteiger partial charge in [-0.15, -0.1) is 0 Å². The summed E-state index contributed by atoms with van der Waals surface area (Å²) in [5.74, 6) is -0.763. The van der Waals surface area contributed by atoms with Crippen LogP contribution in [0.2, 0.25) is 0 Å². The lowest BCUT2D eigenvalue weighted by atomic mass is 10.1. The Bertz CT molecular complexity index is 381. The van der Waals surface area contributed by atoms with Crippen molar-refractivity contribution in [3.63, 3.8) is 0 Å². The monoisotopic (exact) mass is 299 g/mol. The molecule has 0 aliphatic rings. The molecule has 1 rings (SSSR count). The fourth-order valence-corrected chi connectivity index (χ4v) is 2.28. The fourth-order valence-electron chi connectivity index (χ4n) is 1.89. The minimum atomic E-state index is -0.763. The van der Waals surface area contributed by atoms with Crippen LogP contribution in [0.25, 0.3) is 0 Å². The summed E-state index contributed by atoms with van der Waals surface area (Å²) >= 11 is 3.42. The molecule has 0 saturated heterocycles. The van der Waals surface area contributed by atoms with E-state index < -0.39 is 12.0 Å². The van der Waals surface area contributed by atoms with Crippen LogP contribution < -0.4 is 4.90 Å². The van der Waals surface area contributed by atoms with Crippen molar-refractivity contribution in [1.29, 1.82) is 0 Å². The molecule has 3 nitrogen and oxygen atoms in total. The Balaban J connectivity index is 3.03. The summed E-state index contributed by atoms with van der Waals surface area (Å²) in [5.41, 5.74) is 0.954. The summed E-state index contributed by atoms with van der Waals surface area (Å²) in [6, 6.07) is 7.32. The van der Waals surface area contributed by atoms with Gasteiger partial charge in [-0.2, -0.15) is 0 Å². The van der Waals surface area contributed by atoms with Gasteiger partial charge in [-0.3, -0.25) is 0 Å². The van der Waals surface area contributed by atoms with Crippen LogP contribution in [0.1, 0.15) is 26.7 Å². The smallest absolute Gasteiger partial charge is 0.326 e. The number of carboxylic acids is 1. The summed E-state index contributed by atoms with van der Waals surface area (Å²) in [4.78, 5) is 13.2. The third-order valence-electron chi connectivity index (χ3n) is 2.65. The summed E-state index contributed by atoms with van der Waals surface area (Å²) < 4.78 is 0.969. The Morgan fingerprint density at radius 1 is 1.47 bits per heavy atom. The first kappa shape index (κ1) is 14.0. The number of anilines is 1. The van der Waals surface area contributed by atoms with Crippen LogP contribution in [0.15, 0.2) is 28.7 Å². The minimum Gasteiger partial charge on any atom is -0.480 e. The lowest BCUT2D eigenvalue weighted by molar-refractivity contribution is -0.138. The third-order valence-corrected chi connectivity index (χ3v) is 3.15. The predicted molar refractivity (Wildman–Crippen MR) is 73.5 cm³/mol. The molecule has 0 amide bonds. The molecule has 0 fully saturated rings. The van der Waals surface area contributed by atoms with E-state index in [9.17, 15) is 9.90 Å². The SMILES string of the molecule is CCCN(c1cccc(Br)c1)[C@@H](CC)C(=O)O. The molecule has 0 spiro atoms. The van der Waals surface area contributed by atoms with Crippen LogP contribution in [0, 0.1) is 0 Å². The molecule has 0 aromatic heterocycles. The normalized spacial score (nSPS) is 12.2. The summed E-state index contributed by atoms with van der Waals surface area (Å²) in [7, 11) is 0. The van der Waals surface area contributed by atoms with Gasteiger partial charge in [0.2, 0.25) is 0 Å². The van der Waals surface area contributed by atoms with E-state index in [0.29, 0.717) is 6.42 Å². The lowest BCUT2D eigenvalue weighted by Gasteiger charge is -2.30. The van der Waals surface area contributed by atoms with Crippen LogP contribution in [0.5, 0.6) is 0 Å². The maximum Gasteiger partial charge on any atom is 0.326 e. The van der Waals surface area contributed by atoms with Gasteiger partial charge < -0.3 is 10.0 Å². The van der Waals surface area contributed by atoms with Crippen LogP contribution >= 0.6 is 15.9 Å². The maximum atomic E-state index is 11.3. The van der Waals surface area contributed by atoms with Crippen molar-refractivity contribution in [1.82, 2.24) is 0 Å². The highest BCUT2D eigenvalue weighted by molar-refractivity contribution is 9.10. The first-order valence-electron chi connectivity index (χ1n) is 5.85. The molecular weight excluding hydrogens is 282 g/mol. The van der Waals surface area contributed by atoms with Crippen molar-refractivity contribution in [2.75, 3.05) is 11.4 Å². The zero-order valence-corrected chi connectivity index (χ0v) is 11.8. The molecule has 0 radical (unpaired) electrons. The van der Waals surface area contributed by atoms with E-state index in [2.05, 4.69) is 22.9 Å². The average molecular weight is 300 g/mol. The Morgan fingerprint density at radius 2 is 2.18 bits per heavy atom. The maximum absolute atomic E-state index is 11.3. The largest absolute Gasteiger partial charge is 0.480 e. The first-order chi connectivity index (χ1) is 8.10. The summed E-state index contributed by atoms with van der Waals surface area (Å²) in [6.45, 7) is 4.71. The van der Waals surface area contributed by atoms with Gasteiger partial charge in [0.15, 0.2) is 0 Å². The van der Waals surface area contributed by atoms with Gasteiger partial charge in [-0.25, -0.2) is 4.79 Å². The number of benzene rings is 1. The Hall–Kier alpha value is -1.03. The molecule has 1 N–H and O–H groups in total. The second-order valence-electron chi connectivity index (χ2n) is 3.94. The number of hydrogen-bond acceptors (Lipinski definition) is 2. The van der Waals surface area contributed by atoms with Crippen molar-refractivity contribution in [3.8, 4) is 0 Å². The van der Waals surface area contributed by atoms with E-state index in [1.807, 2.05) is 36.1 Å². The van der Waals surface area contributed by atoms with E-state index in [1.54, 1.807) is 0 Å². The Labute approximate surface area is 111 Å². The third kappa shape index (κ3) is 3.73. The van der Waals surface area contributed by atoms with Gasteiger partial charge >= 0.3 is 5.97 Å². The lowest BCUT2D eigenvalue weighted by Crippen LogP contribution is -2.41. The van der Waals surface area contributed by atoms with Gasteiger partial charge in [0.05, 0.1) is 0 Å². The van der Waals surface area contributed by atoms with E-state index in [0.717, 1.165) is 23.1 Å². The molecule has 0 aliphatic heterocycles. The molecule has 0 saturated carbocycles. The Kier molecular flexibility index (Phi) is 5.48. The first-order valence-corrected chi connectivity index (χ1v) is 6.64. The van der Waals surface area contributed by atoms with Gasteiger partial charge in [0, 0.05) is 16.7 Å². The highest BCUT2D eigenvalue weighted by atomic mass is 79.9. The molecule has 17 heavy (non-hydrogen) atoms. The number of halogens is 1. The molecule has 94 valence electrons. The molecule has 1 atom stereocenters. The number of nitrogens with zero attached hydrogens (tertiary/aromatic N) is 1. The minimum absolute atomic E-state index is 0.454. The van der Waals surface area contributed by atoms with Crippen LogP contribution in [-0.4, -0.2) is 23.7 Å². The molecule has 1 aromatic rings. The van der Waals surface area contributed by atoms with E-state index in [1.165, 1.54) is 0 Å². The van der Waals surface area contributed by atoms with Gasteiger partial charge in [-0.1, -0.05) is 35.8 Å². The van der Waals surface area contributed by atoms with Crippen molar-refractivity contribution in [3.05, 3.63) is 28.7 Å². The van der Waals surface area contributed by atoms with Gasteiger partial charge in [0.1, 0.15) is 6.04 Å². The van der Waals surface area contributed by atoms with Gasteiger partial charge in [-0.05, 0) is 31.0 Å². The number of hydrogen-bond donors (Lipinski definition) is 1. The van der Waals surface area contributed by atoms with Crippen LogP contribution in [0.4, 0.5) is 5.69 Å². The summed E-state index contributed by atoms with van der Waals surface area (Å²) in [5, 5.41) is 9.25. The highest BCUT2D eigenvalue weighted by Gasteiger charge is 2.23. The Morgan fingerprint density at radius 3 is 2.65 bits per heavy atom. The van der Waals surface area contributed by atoms with Gasteiger partial charge in [0.25, 0.3) is 0 Å². The molecular formula is C13H18BrNO2. The molecule has 0 aliphatic carbocycles. The van der Waals surface area contributed by atoms with Crippen LogP contribution in [-0.2, 0) is 4.79 Å². The van der Waals surface area contributed by atoms with Crippen molar-refractivity contribution in [2.45, 2.75) is 32.7 Å².